The fourth-order valence-corrected chi connectivity index (χ4v) is 3.90. The molecule has 6 nitrogen and oxygen atoms in total. The van der Waals surface area contributed by atoms with Gasteiger partial charge in [0, 0.05) is 30.8 Å². The van der Waals surface area contributed by atoms with E-state index >= 15 is 0 Å². The Balaban J connectivity index is 1.42. The monoisotopic (exact) mass is 340 g/mol. The van der Waals surface area contributed by atoms with E-state index in [-0.39, 0.29) is 12.1 Å². The maximum atomic E-state index is 12.8. The summed E-state index contributed by atoms with van der Waals surface area (Å²) in [5, 5.41) is 10.1. The lowest BCUT2D eigenvalue weighted by atomic mass is 9.93. The molecule has 0 radical (unpaired) electrons. The average molecular weight is 340 g/mol. The summed E-state index contributed by atoms with van der Waals surface area (Å²) in [6, 6.07) is 8.26. The second-order valence-electron chi connectivity index (χ2n) is 6.79. The largest absolute Gasteiger partial charge is 0.493 e. The highest BCUT2D eigenvalue weighted by Gasteiger charge is 2.29. The molecule has 4 rings (SSSR count). The van der Waals surface area contributed by atoms with Crippen LogP contribution in [0.5, 0.6) is 5.75 Å². The number of nitrogens with zero attached hydrogens (tertiary/aromatic N) is 2. The van der Waals surface area contributed by atoms with Gasteiger partial charge in [0.1, 0.15) is 5.75 Å². The van der Waals surface area contributed by atoms with E-state index in [1.54, 1.807) is 0 Å². The number of piperidine rings is 1. The van der Waals surface area contributed by atoms with Crippen LogP contribution in [0.1, 0.15) is 48.8 Å². The van der Waals surface area contributed by atoms with Crippen molar-refractivity contribution in [2.24, 2.45) is 0 Å². The van der Waals surface area contributed by atoms with Crippen molar-refractivity contribution in [1.82, 2.24) is 20.4 Å². The Bertz CT molecular complexity index is 716. The van der Waals surface area contributed by atoms with Crippen LogP contribution in [0.4, 0.5) is 4.79 Å². The van der Waals surface area contributed by atoms with Gasteiger partial charge in [-0.15, -0.1) is 0 Å². The molecular weight excluding hydrogens is 316 g/mol. The zero-order chi connectivity index (χ0) is 17.1. The first-order valence-electron chi connectivity index (χ1n) is 9.08. The van der Waals surface area contributed by atoms with Gasteiger partial charge < -0.3 is 15.0 Å². The van der Waals surface area contributed by atoms with Crippen molar-refractivity contribution >= 4 is 6.03 Å². The molecule has 3 heterocycles. The number of likely N-dealkylation sites (tertiary alicyclic amines) is 1. The van der Waals surface area contributed by atoms with E-state index in [0.717, 1.165) is 43.5 Å². The van der Waals surface area contributed by atoms with Gasteiger partial charge in [0.2, 0.25) is 0 Å². The number of H-pyrrole nitrogens is 1. The molecule has 0 aliphatic carbocycles. The number of benzene rings is 1. The number of rotatable bonds is 3. The molecule has 1 saturated heterocycles. The van der Waals surface area contributed by atoms with E-state index in [1.165, 1.54) is 5.56 Å². The van der Waals surface area contributed by atoms with Crippen LogP contribution >= 0.6 is 0 Å². The minimum Gasteiger partial charge on any atom is -0.493 e. The molecule has 6 heteroatoms. The van der Waals surface area contributed by atoms with Crippen molar-refractivity contribution in [1.29, 1.82) is 0 Å². The maximum Gasteiger partial charge on any atom is 0.317 e. The van der Waals surface area contributed by atoms with E-state index in [1.807, 2.05) is 35.5 Å². The molecule has 0 spiro atoms. The molecule has 0 bridgehead atoms. The lowest BCUT2D eigenvalue weighted by Crippen LogP contribution is -2.45. The number of aromatic amines is 1. The average Bonchev–Trinajstić information content (AvgIpc) is 3.21. The van der Waals surface area contributed by atoms with Gasteiger partial charge in [-0.05, 0) is 37.3 Å². The Morgan fingerprint density at radius 3 is 3.12 bits per heavy atom. The third-order valence-corrected chi connectivity index (χ3v) is 5.25. The number of hydrogen-bond acceptors (Lipinski definition) is 3. The third-order valence-electron chi connectivity index (χ3n) is 5.25. The lowest BCUT2D eigenvalue weighted by Gasteiger charge is -2.36. The normalized spacial score (nSPS) is 22.8. The van der Waals surface area contributed by atoms with Crippen molar-refractivity contribution in [3.63, 3.8) is 0 Å². The van der Waals surface area contributed by atoms with Gasteiger partial charge in [0.15, 0.2) is 0 Å². The van der Waals surface area contributed by atoms with E-state index < -0.39 is 0 Å². The Hall–Kier alpha value is -2.50. The van der Waals surface area contributed by atoms with E-state index in [9.17, 15) is 4.79 Å². The molecular formula is C19H24N4O2. The first-order chi connectivity index (χ1) is 12.3. The van der Waals surface area contributed by atoms with Crippen molar-refractivity contribution in [2.75, 3.05) is 19.7 Å². The summed E-state index contributed by atoms with van der Waals surface area (Å²) in [5.74, 6) is 1.26. The number of urea groups is 1. The van der Waals surface area contributed by atoms with E-state index in [4.69, 9.17) is 4.74 Å². The first-order valence-corrected chi connectivity index (χ1v) is 9.08. The summed E-state index contributed by atoms with van der Waals surface area (Å²) < 4.78 is 5.71. The van der Waals surface area contributed by atoms with Crippen molar-refractivity contribution in [2.45, 2.75) is 37.6 Å². The van der Waals surface area contributed by atoms with Crippen molar-refractivity contribution in [3.8, 4) is 5.75 Å². The number of hydrogen-bond donors (Lipinski definition) is 2. The van der Waals surface area contributed by atoms with Crippen molar-refractivity contribution < 1.29 is 9.53 Å². The molecule has 2 aliphatic heterocycles. The molecule has 2 N–H and O–H groups in total. The number of nitrogens with one attached hydrogen (secondary N) is 2. The van der Waals surface area contributed by atoms with Gasteiger partial charge in [-0.25, -0.2) is 4.79 Å². The summed E-state index contributed by atoms with van der Waals surface area (Å²) in [6.45, 7) is 2.15. The predicted octanol–water partition coefficient (Wildman–Crippen LogP) is 3.21. The molecule has 0 unspecified atom stereocenters. The summed E-state index contributed by atoms with van der Waals surface area (Å²) in [5.41, 5.74) is 2.28. The van der Waals surface area contributed by atoms with E-state index in [0.29, 0.717) is 19.1 Å². The first kappa shape index (κ1) is 16.0. The second-order valence-corrected chi connectivity index (χ2v) is 6.79. The van der Waals surface area contributed by atoms with Crippen LogP contribution in [-0.2, 0) is 0 Å². The lowest BCUT2D eigenvalue weighted by molar-refractivity contribution is 0.150. The summed E-state index contributed by atoms with van der Waals surface area (Å²) >= 11 is 0. The van der Waals surface area contributed by atoms with Crippen LogP contribution in [0, 0.1) is 0 Å². The van der Waals surface area contributed by atoms with Gasteiger partial charge in [0.05, 0.1) is 18.8 Å². The molecule has 0 saturated carbocycles. The number of carbonyl (C=O) groups is 1. The SMILES string of the molecule is O=C(NC[C@H]1CCOc2ccccc21)N1CCCC[C@@H]1c1cn[nH]c1. The van der Waals surface area contributed by atoms with Gasteiger partial charge in [0.25, 0.3) is 0 Å². The Morgan fingerprint density at radius 2 is 2.24 bits per heavy atom. The molecule has 25 heavy (non-hydrogen) atoms. The van der Waals surface area contributed by atoms with Gasteiger partial charge in [-0.3, -0.25) is 5.10 Å². The predicted molar refractivity (Wildman–Crippen MR) is 94.6 cm³/mol. The Kier molecular flexibility index (Phi) is 4.59. The van der Waals surface area contributed by atoms with E-state index in [2.05, 4.69) is 21.6 Å². The number of amides is 2. The summed E-state index contributed by atoms with van der Waals surface area (Å²) in [7, 11) is 0. The van der Waals surface area contributed by atoms with Gasteiger partial charge >= 0.3 is 6.03 Å². The third kappa shape index (κ3) is 3.34. The number of carbonyl (C=O) groups excluding carboxylic acids is 1. The summed E-state index contributed by atoms with van der Waals surface area (Å²) in [4.78, 5) is 14.8. The standard InChI is InChI=1S/C19H24N4O2/c24-19(23-9-4-3-6-17(23)15-12-21-22-13-15)20-11-14-8-10-25-18-7-2-1-5-16(14)18/h1-2,5,7,12-14,17H,3-4,6,8-11H2,(H,20,24)(H,21,22)/t14-,17-/m1/s1. The van der Waals surface area contributed by atoms with Crippen LogP contribution < -0.4 is 10.1 Å². The van der Waals surface area contributed by atoms with Crippen LogP contribution in [0.2, 0.25) is 0 Å². The Morgan fingerprint density at radius 1 is 1.32 bits per heavy atom. The van der Waals surface area contributed by atoms with Gasteiger partial charge in [-0.1, -0.05) is 18.2 Å². The second kappa shape index (κ2) is 7.17. The zero-order valence-corrected chi connectivity index (χ0v) is 14.3. The minimum absolute atomic E-state index is 0.0230. The molecule has 2 aliphatic rings. The fourth-order valence-electron chi connectivity index (χ4n) is 3.90. The quantitative estimate of drug-likeness (QED) is 0.901. The van der Waals surface area contributed by atoms with Crippen LogP contribution in [0.15, 0.2) is 36.7 Å². The van der Waals surface area contributed by atoms with Crippen molar-refractivity contribution in [3.05, 3.63) is 47.8 Å². The molecule has 1 aromatic heterocycles. The molecule has 2 amide bonds. The molecule has 2 aromatic rings. The fraction of sp³-hybridized carbons (Fsp3) is 0.474. The van der Waals surface area contributed by atoms with Gasteiger partial charge in [-0.2, -0.15) is 5.10 Å². The molecule has 1 fully saturated rings. The van der Waals surface area contributed by atoms with Crippen LogP contribution in [0.25, 0.3) is 0 Å². The van der Waals surface area contributed by atoms with Crippen LogP contribution in [-0.4, -0.2) is 40.8 Å². The number of ether oxygens (including phenoxy) is 1. The number of para-hydroxylation sites is 1. The highest BCUT2D eigenvalue weighted by molar-refractivity contribution is 5.75. The number of fused-ring (bicyclic) bond motifs is 1. The smallest absolute Gasteiger partial charge is 0.317 e. The maximum absolute atomic E-state index is 12.8. The highest BCUT2D eigenvalue weighted by atomic mass is 16.5. The molecule has 1 aromatic carbocycles. The minimum atomic E-state index is 0.0230. The summed E-state index contributed by atoms with van der Waals surface area (Å²) in [6.07, 6.45) is 7.85. The number of aromatic nitrogens is 2. The molecule has 2 atom stereocenters. The topological polar surface area (TPSA) is 70.2 Å². The highest BCUT2D eigenvalue weighted by Crippen LogP contribution is 2.33. The Labute approximate surface area is 147 Å². The zero-order valence-electron chi connectivity index (χ0n) is 14.3. The van der Waals surface area contributed by atoms with Crippen LogP contribution in [0.3, 0.4) is 0 Å². The molecule has 132 valence electrons.